The van der Waals surface area contributed by atoms with Crippen LogP contribution in [0.5, 0.6) is 0 Å². The van der Waals surface area contributed by atoms with E-state index < -0.39 is 0 Å². The first-order valence-corrected chi connectivity index (χ1v) is 21.2. The fraction of sp³-hybridized carbons (Fsp3) is 0.214. The molecule has 0 N–H and O–H groups in total. The molecular formula is C56H54N4. The Hall–Kier alpha value is -6.52. The van der Waals surface area contributed by atoms with Gasteiger partial charge >= 0.3 is 0 Å². The van der Waals surface area contributed by atoms with Gasteiger partial charge in [-0.15, -0.1) is 0 Å². The summed E-state index contributed by atoms with van der Waals surface area (Å²) in [6, 6.07) is 65.8. The van der Waals surface area contributed by atoms with Crippen LogP contribution in [0.15, 0.2) is 192 Å². The zero-order valence-electron chi connectivity index (χ0n) is 36.1. The summed E-state index contributed by atoms with van der Waals surface area (Å²) < 4.78 is 0. The molecule has 0 bridgehead atoms. The van der Waals surface area contributed by atoms with Crippen molar-refractivity contribution in [1.82, 2.24) is 0 Å². The minimum Gasteiger partial charge on any atom is -0.318 e. The normalized spacial score (nSPS) is 17.3. The number of hydrogen-bond acceptors (Lipinski definition) is 4. The van der Waals surface area contributed by atoms with Crippen molar-refractivity contribution in [3.8, 4) is 44.5 Å². The Balaban J connectivity index is 1.11. The molecule has 2 aliphatic rings. The number of hydrogen-bond donors (Lipinski definition) is 0. The Morgan fingerprint density at radius 2 is 0.533 bits per heavy atom. The summed E-state index contributed by atoms with van der Waals surface area (Å²) in [6.07, 6.45) is 0. The van der Waals surface area contributed by atoms with Crippen LogP contribution in [-0.2, 0) is 0 Å². The highest BCUT2D eigenvalue weighted by Gasteiger charge is 2.50. The second-order valence-electron chi connectivity index (χ2n) is 18.3. The number of amidine groups is 2. The lowest BCUT2D eigenvalue weighted by Crippen LogP contribution is -2.53. The van der Waals surface area contributed by atoms with Crippen molar-refractivity contribution in [2.45, 2.75) is 77.5 Å². The highest BCUT2D eigenvalue weighted by molar-refractivity contribution is 6.14. The molecule has 0 aliphatic carbocycles. The average Bonchev–Trinajstić information content (AvgIpc) is 3.59. The molecule has 0 saturated heterocycles. The molecule has 7 aromatic rings. The smallest absolute Gasteiger partial charge is 0.136 e. The average molecular weight is 783 g/mol. The minimum absolute atomic E-state index is 0.237. The Bertz CT molecular complexity index is 2560. The zero-order valence-corrected chi connectivity index (χ0v) is 36.1. The molecule has 60 heavy (non-hydrogen) atoms. The molecule has 7 aromatic carbocycles. The highest BCUT2D eigenvalue weighted by Crippen LogP contribution is 2.45. The lowest BCUT2D eigenvalue weighted by molar-refractivity contribution is 0.338. The molecule has 298 valence electrons. The molecule has 0 spiro atoms. The van der Waals surface area contributed by atoms with E-state index >= 15 is 0 Å². The molecule has 4 nitrogen and oxygen atoms in total. The molecule has 2 heterocycles. The largest absolute Gasteiger partial charge is 0.318 e. The summed E-state index contributed by atoms with van der Waals surface area (Å²) >= 11 is 0. The first-order valence-electron chi connectivity index (χ1n) is 21.2. The van der Waals surface area contributed by atoms with Crippen LogP contribution >= 0.6 is 0 Å². The lowest BCUT2D eigenvalue weighted by Gasteiger charge is -2.41. The van der Waals surface area contributed by atoms with Crippen LogP contribution in [0.2, 0.25) is 0 Å². The van der Waals surface area contributed by atoms with Crippen molar-refractivity contribution >= 4 is 23.0 Å². The lowest BCUT2D eigenvalue weighted by atomic mass is 9.82. The van der Waals surface area contributed by atoms with Gasteiger partial charge in [0.05, 0.1) is 22.2 Å². The van der Waals surface area contributed by atoms with Gasteiger partial charge < -0.3 is 9.80 Å². The highest BCUT2D eigenvalue weighted by atomic mass is 15.3. The van der Waals surface area contributed by atoms with E-state index in [4.69, 9.17) is 9.98 Å². The summed E-state index contributed by atoms with van der Waals surface area (Å²) in [5.74, 6) is 2.01. The third-order valence-corrected chi connectivity index (χ3v) is 13.5. The van der Waals surface area contributed by atoms with Crippen molar-refractivity contribution in [1.29, 1.82) is 0 Å². The zero-order chi connectivity index (χ0) is 41.9. The van der Waals surface area contributed by atoms with Crippen LogP contribution in [-0.4, -0.2) is 33.8 Å². The Kier molecular flexibility index (Phi) is 9.51. The van der Waals surface area contributed by atoms with Gasteiger partial charge in [-0.25, -0.2) is 0 Å². The summed E-state index contributed by atoms with van der Waals surface area (Å²) in [6.45, 7) is 18.1. The number of benzene rings is 7. The third-order valence-electron chi connectivity index (χ3n) is 13.5. The molecule has 0 atom stereocenters. The maximum absolute atomic E-state index is 5.30. The molecule has 0 saturated carbocycles. The van der Waals surface area contributed by atoms with E-state index in [9.17, 15) is 0 Å². The van der Waals surface area contributed by atoms with E-state index in [2.05, 4.69) is 247 Å². The van der Waals surface area contributed by atoms with E-state index in [1.54, 1.807) is 0 Å². The van der Waals surface area contributed by atoms with Gasteiger partial charge in [0.15, 0.2) is 0 Å². The number of nitrogens with zero attached hydrogens (tertiary/aromatic N) is 4. The molecule has 0 unspecified atom stereocenters. The molecule has 0 aromatic heterocycles. The van der Waals surface area contributed by atoms with Crippen molar-refractivity contribution < 1.29 is 0 Å². The first-order chi connectivity index (χ1) is 28.7. The van der Waals surface area contributed by atoms with Crippen LogP contribution in [0.3, 0.4) is 0 Å². The van der Waals surface area contributed by atoms with Crippen LogP contribution in [0.25, 0.3) is 44.5 Å². The van der Waals surface area contributed by atoms with Gasteiger partial charge in [0, 0.05) is 22.5 Å². The Morgan fingerprint density at radius 1 is 0.283 bits per heavy atom. The van der Waals surface area contributed by atoms with E-state index in [-0.39, 0.29) is 22.2 Å². The Labute approximate surface area is 356 Å². The van der Waals surface area contributed by atoms with Crippen molar-refractivity contribution in [2.75, 3.05) is 9.80 Å². The summed E-state index contributed by atoms with van der Waals surface area (Å²) in [5.41, 5.74) is 12.9. The SMILES string of the molecule is CC1(C)N=C(c2ccccc2)N(c2ccc(-c3cc(-c4ccc(-c5ccccc5)cc4)cc(-c4ccc(N5C(c6ccccc6)=NC(C)(C)C5(C)C)cc4)c3)cc2)C1(C)C. The van der Waals surface area contributed by atoms with Crippen LogP contribution in [0, 0.1) is 0 Å². The van der Waals surface area contributed by atoms with Gasteiger partial charge in [0.2, 0.25) is 0 Å². The predicted molar refractivity (Wildman–Crippen MR) is 255 cm³/mol. The molecule has 0 radical (unpaired) electrons. The van der Waals surface area contributed by atoms with Gasteiger partial charge in [-0.2, -0.15) is 0 Å². The minimum atomic E-state index is -0.275. The van der Waals surface area contributed by atoms with Crippen molar-refractivity contribution in [2.24, 2.45) is 9.98 Å². The molecule has 9 rings (SSSR count). The fourth-order valence-electron chi connectivity index (χ4n) is 8.65. The van der Waals surface area contributed by atoms with Gasteiger partial charge in [-0.3, -0.25) is 9.98 Å². The van der Waals surface area contributed by atoms with Gasteiger partial charge in [-0.05, 0) is 142 Å². The third kappa shape index (κ3) is 6.74. The van der Waals surface area contributed by atoms with Crippen molar-refractivity contribution in [3.05, 3.63) is 193 Å². The quantitative estimate of drug-likeness (QED) is 0.154. The molecule has 0 fully saturated rings. The summed E-state index contributed by atoms with van der Waals surface area (Å²) in [7, 11) is 0. The molecular weight excluding hydrogens is 729 g/mol. The van der Waals surface area contributed by atoms with Gasteiger partial charge in [-0.1, -0.05) is 140 Å². The fourth-order valence-corrected chi connectivity index (χ4v) is 8.65. The van der Waals surface area contributed by atoms with Crippen LogP contribution < -0.4 is 9.80 Å². The van der Waals surface area contributed by atoms with E-state index in [1.807, 2.05) is 0 Å². The van der Waals surface area contributed by atoms with Gasteiger partial charge in [0.1, 0.15) is 11.7 Å². The van der Waals surface area contributed by atoms with Crippen LogP contribution in [0.1, 0.15) is 66.5 Å². The van der Waals surface area contributed by atoms with Crippen LogP contribution in [0.4, 0.5) is 11.4 Å². The predicted octanol–water partition coefficient (Wildman–Crippen LogP) is 14.0. The molecule has 0 amide bonds. The van der Waals surface area contributed by atoms with Crippen molar-refractivity contribution in [3.63, 3.8) is 0 Å². The first kappa shape index (κ1) is 39.0. The maximum atomic E-state index is 5.30. The summed E-state index contributed by atoms with van der Waals surface area (Å²) in [4.78, 5) is 15.4. The number of anilines is 2. The van der Waals surface area contributed by atoms with Gasteiger partial charge in [0.25, 0.3) is 0 Å². The monoisotopic (exact) mass is 782 g/mol. The van der Waals surface area contributed by atoms with E-state index in [0.717, 1.165) is 34.2 Å². The molecule has 2 aliphatic heterocycles. The number of aliphatic imine (C=N–C) groups is 2. The second kappa shape index (κ2) is 14.6. The topological polar surface area (TPSA) is 31.2 Å². The standard InChI is InChI=1S/C56H54N4/c1-53(2)55(5,6)59(51(57-53)44-20-14-10-15-21-44)49-32-28-42(29-33-49)47-36-46(41-26-24-40(25-27-41)39-18-12-9-13-19-39)37-48(38-47)43-30-34-50(35-31-43)60-52(45-22-16-11-17-23-45)58-54(3,4)56(60,7)8/h9-38H,1-8H3. The number of rotatable bonds is 8. The maximum Gasteiger partial charge on any atom is 0.136 e. The molecule has 4 heteroatoms. The summed E-state index contributed by atoms with van der Waals surface area (Å²) in [5, 5.41) is 0. The second-order valence-corrected chi connectivity index (χ2v) is 18.3. The van der Waals surface area contributed by atoms with E-state index in [1.165, 1.54) is 44.5 Å². The Morgan fingerprint density at radius 3 is 0.850 bits per heavy atom. The van der Waals surface area contributed by atoms with E-state index in [0.29, 0.717) is 0 Å².